The molecule has 3 heteroatoms. The number of nitrogens with one attached hydrogen (secondary N) is 1. The Morgan fingerprint density at radius 2 is 1.78 bits per heavy atom. The minimum Gasteiger partial charge on any atom is -0.354 e. The van der Waals surface area contributed by atoms with Crippen molar-refractivity contribution in [2.75, 3.05) is 0 Å². The molecule has 1 aromatic rings. The lowest BCUT2D eigenvalue weighted by atomic mass is 10.0. The summed E-state index contributed by atoms with van der Waals surface area (Å²) in [6, 6.07) is 5.77. The molecule has 0 unspecified atom stereocenters. The molecule has 0 atom stereocenters. The molecule has 0 aliphatic heterocycles. The molecule has 0 saturated carbocycles. The van der Waals surface area contributed by atoms with Crippen LogP contribution in [0, 0.1) is 13.8 Å². The summed E-state index contributed by atoms with van der Waals surface area (Å²) in [4.78, 5) is 23.4. The second-order valence-electron chi connectivity index (χ2n) is 4.94. The SMILES string of the molecule is Cc1ccc(C(=O)CCC(=O)NC(C)C)cc1C. The summed E-state index contributed by atoms with van der Waals surface area (Å²) in [7, 11) is 0. The van der Waals surface area contributed by atoms with Crippen LogP contribution in [-0.4, -0.2) is 17.7 Å². The summed E-state index contributed by atoms with van der Waals surface area (Å²) in [6.45, 7) is 7.81. The zero-order valence-corrected chi connectivity index (χ0v) is 11.5. The summed E-state index contributed by atoms with van der Waals surface area (Å²) in [5.74, 6) is -0.0424. The molecule has 0 bridgehead atoms. The number of ketones is 1. The second kappa shape index (κ2) is 6.34. The van der Waals surface area contributed by atoms with Crippen molar-refractivity contribution in [3.8, 4) is 0 Å². The molecule has 0 aliphatic carbocycles. The van der Waals surface area contributed by atoms with E-state index in [2.05, 4.69) is 5.32 Å². The number of carbonyl (C=O) groups excluding carboxylic acids is 2. The Morgan fingerprint density at radius 1 is 1.11 bits per heavy atom. The van der Waals surface area contributed by atoms with Gasteiger partial charge in [0.05, 0.1) is 0 Å². The van der Waals surface area contributed by atoms with Gasteiger partial charge in [0.15, 0.2) is 5.78 Å². The van der Waals surface area contributed by atoms with Gasteiger partial charge in [-0.3, -0.25) is 9.59 Å². The van der Waals surface area contributed by atoms with Crippen molar-refractivity contribution < 1.29 is 9.59 Å². The maximum Gasteiger partial charge on any atom is 0.220 e. The van der Waals surface area contributed by atoms with Crippen molar-refractivity contribution in [1.82, 2.24) is 5.32 Å². The van der Waals surface area contributed by atoms with Crippen LogP contribution in [0.25, 0.3) is 0 Å². The molecule has 0 aliphatic rings. The van der Waals surface area contributed by atoms with Gasteiger partial charge in [0, 0.05) is 24.4 Å². The molecular weight excluding hydrogens is 226 g/mol. The Hall–Kier alpha value is -1.64. The zero-order chi connectivity index (χ0) is 13.7. The average molecular weight is 247 g/mol. The van der Waals surface area contributed by atoms with Crippen molar-refractivity contribution in [2.24, 2.45) is 0 Å². The number of carbonyl (C=O) groups is 2. The molecule has 3 nitrogen and oxygen atoms in total. The minimum atomic E-state index is -0.0674. The first-order valence-electron chi connectivity index (χ1n) is 6.30. The number of amides is 1. The van der Waals surface area contributed by atoms with Gasteiger partial charge >= 0.3 is 0 Å². The normalized spacial score (nSPS) is 10.5. The minimum absolute atomic E-state index is 0.0250. The fourth-order valence-electron chi connectivity index (χ4n) is 1.68. The third-order valence-electron chi connectivity index (χ3n) is 2.86. The third-order valence-corrected chi connectivity index (χ3v) is 2.86. The molecule has 1 amide bonds. The van der Waals surface area contributed by atoms with E-state index >= 15 is 0 Å². The number of aryl methyl sites for hydroxylation is 2. The van der Waals surface area contributed by atoms with Crippen LogP contribution < -0.4 is 5.32 Å². The molecule has 0 fully saturated rings. The highest BCUT2D eigenvalue weighted by Crippen LogP contribution is 2.12. The van der Waals surface area contributed by atoms with E-state index in [1.54, 1.807) is 0 Å². The smallest absolute Gasteiger partial charge is 0.220 e. The van der Waals surface area contributed by atoms with Crippen molar-refractivity contribution in [1.29, 1.82) is 0 Å². The predicted octanol–water partition coefficient (Wildman–Crippen LogP) is 2.79. The van der Waals surface area contributed by atoms with Gasteiger partial charge in [0.25, 0.3) is 0 Å². The Labute approximate surface area is 109 Å². The number of rotatable bonds is 5. The lowest BCUT2D eigenvalue weighted by Crippen LogP contribution is -2.30. The van der Waals surface area contributed by atoms with Crippen LogP contribution in [0.5, 0.6) is 0 Å². The van der Waals surface area contributed by atoms with Gasteiger partial charge in [-0.1, -0.05) is 12.1 Å². The topological polar surface area (TPSA) is 46.2 Å². The standard InChI is InChI=1S/C15H21NO2/c1-10(2)16-15(18)8-7-14(17)13-6-5-11(3)12(4)9-13/h5-6,9-10H,7-8H2,1-4H3,(H,16,18). The molecule has 98 valence electrons. The van der Waals surface area contributed by atoms with E-state index in [9.17, 15) is 9.59 Å². The van der Waals surface area contributed by atoms with Gasteiger partial charge in [-0.05, 0) is 44.9 Å². The largest absolute Gasteiger partial charge is 0.354 e. The van der Waals surface area contributed by atoms with Gasteiger partial charge in [-0.25, -0.2) is 0 Å². The summed E-state index contributed by atoms with van der Waals surface area (Å²) in [5, 5.41) is 2.78. The molecule has 0 spiro atoms. The summed E-state index contributed by atoms with van der Waals surface area (Å²) < 4.78 is 0. The molecule has 1 N–H and O–H groups in total. The van der Waals surface area contributed by atoms with Crippen LogP contribution in [0.3, 0.4) is 0 Å². The van der Waals surface area contributed by atoms with Crippen LogP contribution in [0.1, 0.15) is 48.2 Å². The Kier molecular flexibility index (Phi) is 5.08. The van der Waals surface area contributed by atoms with E-state index in [1.807, 2.05) is 45.9 Å². The maximum absolute atomic E-state index is 11.9. The van der Waals surface area contributed by atoms with E-state index in [-0.39, 0.29) is 30.6 Å². The highest BCUT2D eigenvalue weighted by atomic mass is 16.2. The average Bonchev–Trinajstić information content (AvgIpc) is 2.28. The first kappa shape index (κ1) is 14.4. The summed E-state index contributed by atoms with van der Waals surface area (Å²) >= 11 is 0. The molecule has 1 rings (SSSR count). The number of Topliss-reactive ketones (excluding diaryl/α,β-unsaturated/α-hetero) is 1. The number of hydrogen-bond acceptors (Lipinski definition) is 2. The van der Waals surface area contributed by atoms with Crippen molar-refractivity contribution in [2.45, 2.75) is 46.6 Å². The lowest BCUT2D eigenvalue weighted by Gasteiger charge is -2.08. The van der Waals surface area contributed by atoms with E-state index < -0.39 is 0 Å². The fourth-order valence-corrected chi connectivity index (χ4v) is 1.68. The van der Waals surface area contributed by atoms with E-state index in [1.165, 1.54) is 5.56 Å². The van der Waals surface area contributed by atoms with Crippen LogP contribution in [-0.2, 0) is 4.79 Å². The van der Waals surface area contributed by atoms with Crippen molar-refractivity contribution in [3.63, 3.8) is 0 Å². The second-order valence-corrected chi connectivity index (χ2v) is 4.94. The monoisotopic (exact) mass is 247 g/mol. The van der Waals surface area contributed by atoms with Crippen LogP contribution >= 0.6 is 0 Å². The predicted molar refractivity (Wildman–Crippen MR) is 72.8 cm³/mol. The van der Waals surface area contributed by atoms with Crippen molar-refractivity contribution in [3.05, 3.63) is 34.9 Å². The van der Waals surface area contributed by atoms with E-state index in [0.717, 1.165) is 5.56 Å². The van der Waals surface area contributed by atoms with Gasteiger partial charge in [0.2, 0.25) is 5.91 Å². The van der Waals surface area contributed by atoms with Gasteiger partial charge in [0.1, 0.15) is 0 Å². The van der Waals surface area contributed by atoms with Gasteiger partial charge < -0.3 is 5.32 Å². The molecular formula is C15H21NO2. The summed E-state index contributed by atoms with van der Waals surface area (Å²) in [6.07, 6.45) is 0.519. The third kappa shape index (κ3) is 4.32. The Balaban J connectivity index is 2.55. The first-order valence-corrected chi connectivity index (χ1v) is 6.30. The molecule has 1 aromatic carbocycles. The van der Waals surface area contributed by atoms with Crippen LogP contribution in [0.15, 0.2) is 18.2 Å². The van der Waals surface area contributed by atoms with E-state index in [4.69, 9.17) is 0 Å². The molecule has 0 saturated heterocycles. The van der Waals surface area contributed by atoms with Crippen molar-refractivity contribution >= 4 is 11.7 Å². The zero-order valence-electron chi connectivity index (χ0n) is 11.5. The highest BCUT2D eigenvalue weighted by molar-refractivity contribution is 5.98. The first-order chi connectivity index (χ1) is 8.40. The Bertz CT molecular complexity index is 450. The lowest BCUT2D eigenvalue weighted by molar-refractivity contribution is -0.121. The van der Waals surface area contributed by atoms with Gasteiger partial charge in [-0.2, -0.15) is 0 Å². The Morgan fingerprint density at radius 3 is 2.33 bits per heavy atom. The summed E-state index contributed by atoms with van der Waals surface area (Å²) in [5.41, 5.74) is 2.96. The van der Waals surface area contributed by atoms with E-state index in [0.29, 0.717) is 5.56 Å². The molecule has 0 radical (unpaired) electrons. The number of hydrogen-bond donors (Lipinski definition) is 1. The quantitative estimate of drug-likeness (QED) is 0.813. The fraction of sp³-hybridized carbons (Fsp3) is 0.467. The molecule has 0 heterocycles. The number of benzene rings is 1. The van der Waals surface area contributed by atoms with Crippen LogP contribution in [0.2, 0.25) is 0 Å². The molecule has 0 aromatic heterocycles. The van der Waals surface area contributed by atoms with Crippen LogP contribution in [0.4, 0.5) is 0 Å². The van der Waals surface area contributed by atoms with Gasteiger partial charge in [-0.15, -0.1) is 0 Å². The highest BCUT2D eigenvalue weighted by Gasteiger charge is 2.10. The molecule has 18 heavy (non-hydrogen) atoms. The maximum atomic E-state index is 11.9.